The maximum absolute atomic E-state index is 13.4. The number of aromatic hydroxyl groups is 1. The molecule has 98 valence electrons. The van der Waals surface area contributed by atoms with Crippen molar-refractivity contribution in [2.45, 2.75) is 6.92 Å². The van der Waals surface area contributed by atoms with Crippen molar-refractivity contribution in [2.75, 3.05) is 13.7 Å². The van der Waals surface area contributed by atoms with Crippen LogP contribution in [0.3, 0.4) is 0 Å². The summed E-state index contributed by atoms with van der Waals surface area (Å²) in [7, 11) is 1.09. The van der Waals surface area contributed by atoms with Gasteiger partial charge in [-0.15, -0.1) is 0 Å². The fourth-order valence-corrected chi connectivity index (χ4v) is 1.25. The van der Waals surface area contributed by atoms with E-state index in [1.807, 2.05) is 0 Å². The smallest absolute Gasteiger partial charge is 0.379 e. The van der Waals surface area contributed by atoms with E-state index in [0.717, 1.165) is 7.11 Å². The molecule has 0 unspecified atom stereocenters. The third kappa shape index (κ3) is 2.39. The minimum atomic E-state index is -1.63. The second-order valence-electron chi connectivity index (χ2n) is 3.15. The van der Waals surface area contributed by atoms with Gasteiger partial charge < -0.3 is 14.6 Å². The van der Waals surface area contributed by atoms with Crippen molar-refractivity contribution in [3.63, 3.8) is 0 Å². The molecule has 0 aliphatic rings. The number of Topliss-reactive ketones (excluding diaryl/α,β-unsaturated/α-hetero) is 1. The molecule has 1 rings (SSSR count). The fourth-order valence-electron chi connectivity index (χ4n) is 1.25. The highest BCUT2D eigenvalue weighted by molar-refractivity contribution is 6.41. The van der Waals surface area contributed by atoms with Crippen LogP contribution in [0.4, 0.5) is 8.78 Å². The number of hydrogen-bond acceptors (Lipinski definition) is 5. The lowest BCUT2D eigenvalue weighted by Crippen LogP contribution is -2.19. The van der Waals surface area contributed by atoms with Crippen LogP contribution in [0.15, 0.2) is 6.07 Å². The molecule has 0 heterocycles. The molecule has 0 fully saturated rings. The summed E-state index contributed by atoms with van der Waals surface area (Å²) < 4.78 is 35.5. The first-order valence-electron chi connectivity index (χ1n) is 4.90. The third-order valence-corrected chi connectivity index (χ3v) is 2.06. The Morgan fingerprint density at radius 1 is 1.39 bits per heavy atom. The molecule has 18 heavy (non-hydrogen) atoms. The first-order chi connectivity index (χ1) is 8.43. The Morgan fingerprint density at radius 2 is 2.00 bits per heavy atom. The van der Waals surface area contributed by atoms with Gasteiger partial charge in [0.1, 0.15) is 5.56 Å². The van der Waals surface area contributed by atoms with E-state index in [1.54, 1.807) is 0 Å². The van der Waals surface area contributed by atoms with E-state index >= 15 is 0 Å². The quantitative estimate of drug-likeness (QED) is 0.503. The van der Waals surface area contributed by atoms with Crippen LogP contribution in [-0.2, 0) is 9.53 Å². The van der Waals surface area contributed by atoms with E-state index in [1.165, 1.54) is 6.92 Å². The summed E-state index contributed by atoms with van der Waals surface area (Å²) in [5.41, 5.74) is -1.11. The summed E-state index contributed by atoms with van der Waals surface area (Å²) in [6.07, 6.45) is 0. The van der Waals surface area contributed by atoms with Crippen molar-refractivity contribution in [1.29, 1.82) is 0 Å². The molecule has 0 atom stereocenters. The average Bonchev–Trinajstić information content (AvgIpc) is 2.34. The van der Waals surface area contributed by atoms with E-state index in [4.69, 9.17) is 0 Å². The zero-order chi connectivity index (χ0) is 13.9. The van der Waals surface area contributed by atoms with Crippen molar-refractivity contribution in [3.8, 4) is 11.5 Å². The Balaban J connectivity index is 3.35. The third-order valence-electron chi connectivity index (χ3n) is 2.06. The second kappa shape index (κ2) is 5.44. The van der Waals surface area contributed by atoms with Crippen LogP contribution < -0.4 is 4.74 Å². The molecule has 1 aromatic rings. The SMILES string of the molecule is CCOC(=O)C(=O)c1c(O)c(OC)cc(F)c1F. The van der Waals surface area contributed by atoms with Gasteiger partial charge in [-0.3, -0.25) is 4.79 Å². The van der Waals surface area contributed by atoms with Crippen molar-refractivity contribution >= 4 is 11.8 Å². The molecule has 0 spiro atoms. The number of ether oxygens (including phenoxy) is 2. The second-order valence-corrected chi connectivity index (χ2v) is 3.15. The highest BCUT2D eigenvalue weighted by Crippen LogP contribution is 2.33. The van der Waals surface area contributed by atoms with E-state index in [2.05, 4.69) is 9.47 Å². The molecule has 0 aliphatic heterocycles. The summed E-state index contributed by atoms with van der Waals surface area (Å²) in [6, 6.07) is 0.562. The number of methoxy groups -OCH3 is 1. The normalized spacial score (nSPS) is 10.0. The van der Waals surface area contributed by atoms with E-state index in [0.29, 0.717) is 6.07 Å². The highest BCUT2D eigenvalue weighted by atomic mass is 19.2. The summed E-state index contributed by atoms with van der Waals surface area (Å²) >= 11 is 0. The summed E-state index contributed by atoms with van der Waals surface area (Å²) in [5, 5.41) is 9.52. The number of rotatable bonds is 4. The number of ketones is 1. The molecule has 7 heteroatoms. The molecule has 1 N–H and O–H groups in total. The zero-order valence-electron chi connectivity index (χ0n) is 9.62. The van der Waals surface area contributed by atoms with Crippen molar-refractivity contribution in [3.05, 3.63) is 23.3 Å². The van der Waals surface area contributed by atoms with Gasteiger partial charge in [0.05, 0.1) is 13.7 Å². The van der Waals surface area contributed by atoms with Gasteiger partial charge in [-0.05, 0) is 6.92 Å². The predicted molar refractivity (Wildman–Crippen MR) is 55.5 cm³/mol. The molecule has 0 bridgehead atoms. The van der Waals surface area contributed by atoms with Crippen molar-refractivity contribution < 1.29 is 33.0 Å². The standard InChI is InChI=1S/C11H10F2O5/c1-3-18-11(16)10(15)7-8(13)5(12)4-6(17-2)9(7)14/h4,14H,3H2,1-2H3. The average molecular weight is 260 g/mol. The Hall–Kier alpha value is -2.18. The maximum Gasteiger partial charge on any atom is 0.379 e. The molecular formula is C11H10F2O5. The minimum Gasteiger partial charge on any atom is -0.504 e. The first-order valence-corrected chi connectivity index (χ1v) is 4.90. The monoisotopic (exact) mass is 260 g/mol. The predicted octanol–water partition coefficient (Wildman–Crippen LogP) is 1.42. The van der Waals surface area contributed by atoms with Gasteiger partial charge in [-0.1, -0.05) is 0 Å². The number of carbonyl (C=O) groups is 2. The number of carbonyl (C=O) groups excluding carboxylic acids is 2. The summed E-state index contributed by atoms with van der Waals surface area (Å²) in [6.45, 7) is 1.33. The Labute approximate surface area is 101 Å². The van der Waals surface area contributed by atoms with Gasteiger partial charge in [0.15, 0.2) is 23.1 Å². The van der Waals surface area contributed by atoms with Crippen LogP contribution in [0.1, 0.15) is 17.3 Å². The lowest BCUT2D eigenvalue weighted by Gasteiger charge is -2.09. The maximum atomic E-state index is 13.4. The fraction of sp³-hybridized carbons (Fsp3) is 0.273. The molecule has 1 aromatic carbocycles. The Kier molecular flexibility index (Phi) is 4.19. The minimum absolute atomic E-state index is 0.112. The van der Waals surface area contributed by atoms with Crippen LogP contribution >= 0.6 is 0 Å². The van der Waals surface area contributed by atoms with Gasteiger partial charge in [-0.2, -0.15) is 0 Å². The molecule has 0 aromatic heterocycles. The number of hydrogen-bond donors (Lipinski definition) is 1. The molecule has 0 radical (unpaired) electrons. The van der Waals surface area contributed by atoms with Crippen LogP contribution in [-0.4, -0.2) is 30.6 Å². The molecular weight excluding hydrogens is 250 g/mol. The topological polar surface area (TPSA) is 72.8 Å². The highest BCUT2D eigenvalue weighted by Gasteiger charge is 2.29. The van der Waals surface area contributed by atoms with Crippen LogP contribution in [0.2, 0.25) is 0 Å². The summed E-state index contributed by atoms with van der Waals surface area (Å²) in [5.74, 6) is -7.33. The van der Waals surface area contributed by atoms with E-state index in [9.17, 15) is 23.5 Å². The van der Waals surface area contributed by atoms with Gasteiger partial charge in [0.25, 0.3) is 5.78 Å². The lowest BCUT2D eigenvalue weighted by molar-refractivity contribution is -0.137. The molecule has 5 nitrogen and oxygen atoms in total. The number of benzene rings is 1. The molecule has 0 amide bonds. The van der Waals surface area contributed by atoms with E-state index < -0.39 is 40.4 Å². The van der Waals surface area contributed by atoms with E-state index in [-0.39, 0.29) is 6.61 Å². The largest absolute Gasteiger partial charge is 0.504 e. The number of esters is 1. The first kappa shape index (κ1) is 13.9. The number of halogens is 2. The lowest BCUT2D eigenvalue weighted by atomic mass is 10.1. The van der Waals surface area contributed by atoms with Gasteiger partial charge >= 0.3 is 5.97 Å². The molecule has 0 aliphatic carbocycles. The summed E-state index contributed by atoms with van der Waals surface area (Å²) in [4.78, 5) is 22.6. The Bertz CT molecular complexity index is 499. The number of phenolic OH excluding ortho intramolecular Hbond substituents is 1. The Morgan fingerprint density at radius 3 is 2.50 bits per heavy atom. The van der Waals surface area contributed by atoms with Gasteiger partial charge in [0, 0.05) is 6.07 Å². The van der Waals surface area contributed by atoms with Crippen molar-refractivity contribution in [2.24, 2.45) is 0 Å². The number of phenols is 1. The molecule has 0 saturated carbocycles. The van der Waals surface area contributed by atoms with Crippen LogP contribution in [0.25, 0.3) is 0 Å². The van der Waals surface area contributed by atoms with Crippen LogP contribution in [0.5, 0.6) is 11.5 Å². The molecule has 0 saturated heterocycles. The van der Waals surface area contributed by atoms with Gasteiger partial charge in [0.2, 0.25) is 0 Å². The van der Waals surface area contributed by atoms with Gasteiger partial charge in [-0.25, -0.2) is 13.6 Å². The zero-order valence-corrected chi connectivity index (χ0v) is 9.62. The van der Waals surface area contributed by atoms with Crippen LogP contribution in [0, 0.1) is 11.6 Å². The van der Waals surface area contributed by atoms with Crippen molar-refractivity contribution in [1.82, 2.24) is 0 Å².